The smallest absolute Gasteiger partial charge is 0.251 e. The molecule has 154 valence electrons. The Morgan fingerprint density at radius 1 is 1.28 bits per heavy atom. The van der Waals surface area contributed by atoms with Crippen molar-refractivity contribution in [2.24, 2.45) is 5.92 Å². The van der Waals surface area contributed by atoms with Gasteiger partial charge < -0.3 is 15.1 Å². The third-order valence-electron chi connectivity index (χ3n) is 6.07. The summed E-state index contributed by atoms with van der Waals surface area (Å²) in [5.41, 5.74) is 2.38. The van der Waals surface area contributed by atoms with Gasteiger partial charge in [-0.1, -0.05) is 18.2 Å². The zero-order valence-electron chi connectivity index (χ0n) is 17.0. The first-order valence-corrected chi connectivity index (χ1v) is 10.3. The molecule has 1 aromatic carbocycles. The molecule has 0 bridgehead atoms. The van der Waals surface area contributed by atoms with Crippen molar-refractivity contribution in [1.29, 1.82) is 0 Å². The number of likely N-dealkylation sites (tertiary alicyclic amines) is 1. The maximum Gasteiger partial charge on any atom is 0.251 e. The summed E-state index contributed by atoms with van der Waals surface area (Å²) < 4.78 is 5.69. The molecule has 1 fully saturated rings. The van der Waals surface area contributed by atoms with E-state index in [1.165, 1.54) is 0 Å². The van der Waals surface area contributed by atoms with Crippen molar-refractivity contribution in [2.75, 3.05) is 26.2 Å². The molecule has 2 amide bonds. The highest BCUT2D eigenvalue weighted by molar-refractivity contribution is 6.00. The van der Waals surface area contributed by atoms with E-state index in [0.717, 1.165) is 55.4 Å². The first kappa shape index (κ1) is 19.6. The van der Waals surface area contributed by atoms with Crippen LogP contribution < -0.4 is 10.6 Å². The zero-order valence-corrected chi connectivity index (χ0v) is 17.0. The molecular formula is C22H28N4O3. The van der Waals surface area contributed by atoms with E-state index in [1.54, 1.807) is 6.07 Å². The minimum Gasteiger partial charge on any atom is -0.444 e. The molecule has 0 spiro atoms. The van der Waals surface area contributed by atoms with E-state index in [1.807, 2.05) is 32.0 Å². The van der Waals surface area contributed by atoms with Crippen LogP contribution in [0.2, 0.25) is 0 Å². The molecule has 2 aliphatic rings. The van der Waals surface area contributed by atoms with E-state index in [4.69, 9.17) is 4.42 Å². The molecular weight excluding hydrogens is 368 g/mol. The van der Waals surface area contributed by atoms with Crippen LogP contribution in [-0.2, 0) is 11.3 Å². The van der Waals surface area contributed by atoms with Gasteiger partial charge in [-0.3, -0.25) is 14.5 Å². The summed E-state index contributed by atoms with van der Waals surface area (Å²) in [5.74, 6) is 1.71. The number of nitrogens with one attached hydrogen (secondary N) is 2. The van der Waals surface area contributed by atoms with Crippen molar-refractivity contribution in [3.8, 4) is 0 Å². The minimum absolute atomic E-state index is 0.00869. The third-order valence-corrected chi connectivity index (χ3v) is 6.07. The SMILES string of the molecule is Cc1nc(CN2CCC(CNC(=O)C3CNC(=O)c4ccccc43)CC2)oc1C. The second kappa shape index (κ2) is 8.37. The summed E-state index contributed by atoms with van der Waals surface area (Å²) in [7, 11) is 0. The summed E-state index contributed by atoms with van der Waals surface area (Å²) in [5, 5.41) is 5.93. The highest BCUT2D eigenvalue weighted by Gasteiger charge is 2.30. The fraction of sp³-hybridized carbons (Fsp3) is 0.500. The first-order valence-electron chi connectivity index (χ1n) is 10.3. The molecule has 3 heterocycles. The van der Waals surface area contributed by atoms with Crippen LogP contribution in [0, 0.1) is 19.8 Å². The number of amides is 2. The lowest BCUT2D eigenvalue weighted by atomic mass is 9.89. The van der Waals surface area contributed by atoms with Crippen LogP contribution in [0.5, 0.6) is 0 Å². The van der Waals surface area contributed by atoms with E-state index in [9.17, 15) is 9.59 Å². The van der Waals surface area contributed by atoms with Crippen molar-refractivity contribution in [2.45, 2.75) is 39.2 Å². The van der Waals surface area contributed by atoms with Gasteiger partial charge in [0.2, 0.25) is 11.8 Å². The number of fused-ring (bicyclic) bond motifs is 1. The molecule has 0 radical (unpaired) electrons. The Bertz CT molecular complexity index is 880. The van der Waals surface area contributed by atoms with Crippen molar-refractivity contribution in [3.05, 3.63) is 52.7 Å². The Morgan fingerprint density at radius 2 is 2.03 bits per heavy atom. The van der Waals surface area contributed by atoms with Gasteiger partial charge in [0.15, 0.2) is 0 Å². The van der Waals surface area contributed by atoms with Gasteiger partial charge in [-0.15, -0.1) is 0 Å². The van der Waals surface area contributed by atoms with Gasteiger partial charge in [0, 0.05) is 18.7 Å². The molecule has 2 aliphatic heterocycles. The number of aromatic nitrogens is 1. The number of benzene rings is 1. The predicted octanol–water partition coefficient (Wildman–Crippen LogP) is 2.15. The number of aryl methyl sites for hydroxylation is 2. The maximum absolute atomic E-state index is 12.8. The van der Waals surface area contributed by atoms with Crippen LogP contribution in [0.1, 0.15) is 52.0 Å². The van der Waals surface area contributed by atoms with Crippen LogP contribution in [-0.4, -0.2) is 47.9 Å². The molecule has 1 aromatic heterocycles. The second-order valence-electron chi connectivity index (χ2n) is 8.06. The average Bonchev–Trinajstić information content (AvgIpc) is 3.04. The largest absolute Gasteiger partial charge is 0.444 e. The zero-order chi connectivity index (χ0) is 20.4. The first-order chi connectivity index (χ1) is 14.0. The van der Waals surface area contributed by atoms with Gasteiger partial charge in [-0.2, -0.15) is 0 Å². The Labute approximate surface area is 170 Å². The summed E-state index contributed by atoms with van der Waals surface area (Å²) in [6.45, 7) is 7.63. The second-order valence-corrected chi connectivity index (χ2v) is 8.06. The number of oxazole rings is 1. The third kappa shape index (κ3) is 4.34. The molecule has 1 atom stereocenters. The highest BCUT2D eigenvalue weighted by Crippen LogP contribution is 2.24. The predicted molar refractivity (Wildman–Crippen MR) is 109 cm³/mol. The molecule has 7 heteroatoms. The summed E-state index contributed by atoms with van der Waals surface area (Å²) in [6, 6.07) is 7.36. The van der Waals surface area contributed by atoms with Crippen molar-refractivity contribution >= 4 is 11.8 Å². The summed E-state index contributed by atoms with van der Waals surface area (Å²) >= 11 is 0. The van der Waals surface area contributed by atoms with Crippen molar-refractivity contribution in [1.82, 2.24) is 20.5 Å². The fourth-order valence-corrected chi connectivity index (χ4v) is 4.16. The molecule has 1 unspecified atom stereocenters. The van der Waals surface area contributed by atoms with Crippen LogP contribution in [0.3, 0.4) is 0 Å². The number of carbonyl (C=O) groups is 2. The van der Waals surface area contributed by atoms with E-state index in [-0.39, 0.29) is 17.7 Å². The number of hydrogen-bond acceptors (Lipinski definition) is 5. The van der Waals surface area contributed by atoms with Crippen molar-refractivity contribution in [3.63, 3.8) is 0 Å². The lowest BCUT2D eigenvalue weighted by molar-refractivity contribution is -0.122. The summed E-state index contributed by atoms with van der Waals surface area (Å²) in [4.78, 5) is 31.6. The molecule has 7 nitrogen and oxygen atoms in total. The molecule has 29 heavy (non-hydrogen) atoms. The van der Waals surface area contributed by atoms with E-state index >= 15 is 0 Å². The highest BCUT2D eigenvalue weighted by atomic mass is 16.4. The number of carbonyl (C=O) groups excluding carboxylic acids is 2. The van der Waals surface area contributed by atoms with Gasteiger partial charge >= 0.3 is 0 Å². The Hall–Kier alpha value is -2.67. The molecule has 2 N–H and O–H groups in total. The normalized spacial score (nSPS) is 20.2. The molecule has 0 saturated carbocycles. The number of rotatable bonds is 5. The van der Waals surface area contributed by atoms with Crippen LogP contribution >= 0.6 is 0 Å². The molecule has 2 aromatic rings. The van der Waals surface area contributed by atoms with Gasteiger partial charge in [0.05, 0.1) is 18.2 Å². The monoisotopic (exact) mass is 396 g/mol. The number of piperidine rings is 1. The van der Waals surface area contributed by atoms with Gasteiger partial charge in [0.25, 0.3) is 5.91 Å². The van der Waals surface area contributed by atoms with E-state index in [0.29, 0.717) is 24.6 Å². The fourth-order valence-electron chi connectivity index (χ4n) is 4.16. The lowest BCUT2D eigenvalue weighted by Gasteiger charge is -2.31. The van der Waals surface area contributed by atoms with E-state index in [2.05, 4.69) is 20.5 Å². The van der Waals surface area contributed by atoms with Gasteiger partial charge in [-0.25, -0.2) is 4.98 Å². The maximum atomic E-state index is 12.8. The van der Waals surface area contributed by atoms with Gasteiger partial charge in [0.1, 0.15) is 5.76 Å². The number of nitrogens with zero attached hydrogens (tertiary/aromatic N) is 2. The lowest BCUT2D eigenvalue weighted by Crippen LogP contribution is -2.44. The average molecular weight is 396 g/mol. The van der Waals surface area contributed by atoms with Crippen molar-refractivity contribution < 1.29 is 14.0 Å². The van der Waals surface area contributed by atoms with Crippen LogP contribution in [0.25, 0.3) is 0 Å². The molecule has 0 aliphatic carbocycles. The molecule has 1 saturated heterocycles. The van der Waals surface area contributed by atoms with Crippen LogP contribution in [0.4, 0.5) is 0 Å². The Kier molecular flexibility index (Phi) is 5.67. The minimum atomic E-state index is -0.319. The standard InChI is InChI=1S/C22H28N4O3/c1-14-15(2)29-20(25-14)13-26-9-7-16(8-10-26)11-23-22(28)19-12-24-21(27)18-6-4-3-5-17(18)19/h3-6,16,19H,7-13H2,1-2H3,(H,23,28)(H,24,27). The van der Waals surface area contributed by atoms with Crippen LogP contribution in [0.15, 0.2) is 28.7 Å². The summed E-state index contributed by atoms with van der Waals surface area (Å²) in [6.07, 6.45) is 2.08. The Balaban J connectivity index is 1.26. The Morgan fingerprint density at radius 3 is 2.76 bits per heavy atom. The van der Waals surface area contributed by atoms with Gasteiger partial charge in [-0.05, 0) is 57.3 Å². The quantitative estimate of drug-likeness (QED) is 0.809. The topological polar surface area (TPSA) is 87.5 Å². The van der Waals surface area contributed by atoms with E-state index < -0.39 is 0 Å². The molecule has 4 rings (SSSR count). The number of hydrogen-bond donors (Lipinski definition) is 2.